The van der Waals surface area contributed by atoms with Gasteiger partial charge in [-0.05, 0) is 29.5 Å². The number of hydrogen-bond donors (Lipinski definition) is 1. The normalized spacial score (nSPS) is 14.1. The fourth-order valence-corrected chi connectivity index (χ4v) is 4.40. The van der Waals surface area contributed by atoms with E-state index < -0.39 is 0 Å². The molecular formula is C21H26N4O2S. The molecular weight excluding hydrogens is 372 g/mol. The highest BCUT2D eigenvalue weighted by molar-refractivity contribution is 7.15. The Kier molecular flexibility index (Phi) is 5.10. The van der Waals surface area contributed by atoms with E-state index in [9.17, 15) is 4.79 Å². The van der Waals surface area contributed by atoms with Crippen LogP contribution in [0.15, 0.2) is 22.6 Å². The van der Waals surface area contributed by atoms with Crippen molar-refractivity contribution in [3.63, 3.8) is 0 Å². The van der Waals surface area contributed by atoms with E-state index in [1.807, 2.05) is 11.0 Å². The Morgan fingerprint density at radius 1 is 1.29 bits per heavy atom. The zero-order chi connectivity index (χ0) is 19.8. The first-order valence-electron chi connectivity index (χ1n) is 9.83. The molecule has 1 aliphatic rings. The molecule has 0 saturated carbocycles. The fourth-order valence-electron chi connectivity index (χ4n) is 3.39. The molecule has 28 heavy (non-hydrogen) atoms. The SMILES string of the molecule is CC(C)CC(=O)N1CCc2nc(Nc3nc4cc(C(C)C)ccc4o3)sc2C1. The van der Waals surface area contributed by atoms with Crippen LogP contribution in [0.1, 0.15) is 56.2 Å². The van der Waals surface area contributed by atoms with Crippen LogP contribution in [0.4, 0.5) is 11.1 Å². The molecule has 0 saturated heterocycles. The van der Waals surface area contributed by atoms with Crippen molar-refractivity contribution in [1.82, 2.24) is 14.9 Å². The monoisotopic (exact) mass is 398 g/mol. The summed E-state index contributed by atoms with van der Waals surface area (Å²) in [7, 11) is 0. The van der Waals surface area contributed by atoms with Crippen LogP contribution in [0.3, 0.4) is 0 Å². The van der Waals surface area contributed by atoms with Crippen LogP contribution in [-0.2, 0) is 17.8 Å². The van der Waals surface area contributed by atoms with Crippen LogP contribution in [0.25, 0.3) is 11.1 Å². The molecule has 0 radical (unpaired) electrons. The molecule has 0 unspecified atom stereocenters. The maximum absolute atomic E-state index is 12.4. The van der Waals surface area contributed by atoms with Gasteiger partial charge in [0.1, 0.15) is 5.52 Å². The summed E-state index contributed by atoms with van der Waals surface area (Å²) in [5.74, 6) is 1.05. The van der Waals surface area contributed by atoms with E-state index in [4.69, 9.17) is 4.42 Å². The second kappa shape index (κ2) is 7.54. The van der Waals surface area contributed by atoms with E-state index in [0.29, 0.717) is 30.8 Å². The molecule has 1 aliphatic heterocycles. The van der Waals surface area contributed by atoms with Gasteiger partial charge >= 0.3 is 6.01 Å². The molecule has 7 heteroatoms. The van der Waals surface area contributed by atoms with Crippen molar-refractivity contribution in [3.05, 3.63) is 34.3 Å². The van der Waals surface area contributed by atoms with Crippen LogP contribution in [0.5, 0.6) is 0 Å². The Morgan fingerprint density at radius 2 is 2.11 bits per heavy atom. The number of carbonyl (C=O) groups excluding carboxylic acids is 1. The van der Waals surface area contributed by atoms with Gasteiger partial charge in [0.2, 0.25) is 5.91 Å². The van der Waals surface area contributed by atoms with Crippen LogP contribution < -0.4 is 5.32 Å². The highest BCUT2D eigenvalue weighted by Gasteiger charge is 2.24. The molecule has 3 aromatic rings. The van der Waals surface area contributed by atoms with Crippen molar-refractivity contribution in [2.24, 2.45) is 5.92 Å². The molecule has 148 valence electrons. The molecule has 3 heterocycles. The van der Waals surface area contributed by atoms with E-state index in [1.54, 1.807) is 11.3 Å². The Morgan fingerprint density at radius 3 is 2.86 bits per heavy atom. The van der Waals surface area contributed by atoms with Gasteiger partial charge in [0, 0.05) is 24.3 Å². The van der Waals surface area contributed by atoms with Crippen molar-refractivity contribution < 1.29 is 9.21 Å². The highest BCUT2D eigenvalue weighted by Crippen LogP contribution is 2.32. The summed E-state index contributed by atoms with van der Waals surface area (Å²) in [6, 6.07) is 6.57. The number of rotatable bonds is 5. The predicted molar refractivity (Wildman–Crippen MR) is 112 cm³/mol. The molecule has 2 aromatic heterocycles. The quantitative estimate of drug-likeness (QED) is 0.649. The Labute approximate surface area is 169 Å². The number of aromatic nitrogens is 2. The third kappa shape index (κ3) is 3.90. The average molecular weight is 399 g/mol. The van der Waals surface area contributed by atoms with Crippen molar-refractivity contribution in [3.8, 4) is 0 Å². The van der Waals surface area contributed by atoms with Crippen molar-refractivity contribution in [2.75, 3.05) is 11.9 Å². The van der Waals surface area contributed by atoms with Gasteiger partial charge in [0.15, 0.2) is 10.7 Å². The number of amides is 1. The lowest BCUT2D eigenvalue weighted by molar-refractivity contribution is -0.132. The molecule has 0 bridgehead atoms. The number of anilines is 2. The predicted octanol–water partition coefficient (Wildman–Crippen LogP) is 5.08. The Bertz CT molecular complexity index is 1010. The van der Waals surface area contributed by atoms with Crippen molar-refractivity contribution >= 4 is 39.5 Å². The maximum Gasteiger partial charge on any atom is 0.302 e. The van der Waals surface area contributed by atoms with Gasteiger partial charge in [0.05, 0.1) is 12.2 Å². The van der Waals surface area contributed by atoms with E-state index in [1.165, 1.54) is 5.56 Å². The number of fused-ring (bicyclic) bond motifs is 2. The summed E-state index contributed by atoms with van der Waals surface area (Å²) in [6.45, 7) is 9.86. The third-order valence-corrected chi connectivity index (χ3v) is 5.96. The van der Waals surface area contributed by atoms with E-state index in [-0.39, 0.29) is 5.91 Å². The van der Waals surface area contributed by atoms with Crippen LogP contribution >= 0.6 is 11.3 Å². The van der Waals surface area contributed by atoms with Gasteiger partial charge in [-0.1, -0.05) is 45.1 Å². The summed E-state index contributed by atoms with van der Waals surface area (Å²) in [4.78, 5) is 24.7. The van der Waals surface area contributed by atoms with Crippen LogP contribution in [-0.4, -0.2) is 27.3 Å². The lowest BCUT2D eigenvalue weighted by Crippen LogP contribution is -2.36. The molecule has 1 N–H and O–H groups in total. The summed E-state index contributed by atoms with van der Waals surface area (Å²) >= 11 is 1.57. The minimum Gasteiger partial charge on any atom is -0.423 e. The summed E-state index contributed by atoms with van der Waals surface area (Å²) in [5.41, 5.74) is 3.92. The summed E-state index contributed by atoms with van der Waals surface area (Å²) in [5, 5.41) is 3.96. The average Bonchev–Trinajstić information content (AvgIpc) is 3.22. The van der Waals surface area contributed by atoms with Crippen molar-refractivity contribution in [1.29, 1.82) is 0 Å². The molecule has 1 amide bonds. The minimum atomic E-state index is 0.225. The number of hydrogen-bond acceptors (Lipinski definition) is 6. The summed E-state index contributed by atoms with van der Waals surface area (Å²) < 4.78 is 5.82. The second-order valence-corrected chi connectivity index (χ2v) is 9.16. The molecule has 0 fully saturated rings. The summed E-state index contributed by atoms with van der Waals surface area (Å²) in [6.07, 6.45) is 1.39. The second-order valence-electron chi connectivity index (χ2n) is 8.08. The van der Waals surface area contributed by atoms with Crippen LogP contribution in [0, 0.1) is 5.92 Å². The first-order valence-corrected chi connectivity index (χ1v) is 10.6. The maximum atomic E-state index is 12.4. The number of carbonyl (C=O) groups is 1. The van der Waals surface area contributed by atoms with E-state index in [0.717, 1.165) is 39.8 Å². The van der Waals surface area contributed by atoms with Gasteiger partial charge < -0.3 is 9.32 Å². The first kappa shape index (κ1) is 18.9. The number of nitrogens with one attached hydrogen (secondary N) is 1. The topological polar surface area (TPSA) is 71.3 Å². The molecule has 0 atom stereocenters. The van der Waals surface area contributed by atoms with Gasteiger partial charge in [-0.25, -0.2) is 4.98 Å². The lowest BCUT2D eigenvalue weighted by Gasteiger charge is -2.26. The van der Waals surface area contributed by atoms with Crippen LogP contribution in [0.2, 0.25) is 0 Å². The van der Waals surface area contributed by atoms with Gasteiger partial charge in [-0.15, -0.1) is 0 Å². The minimum absolute atomic E-state index is 0.225. The smallest absolute Gasteiger partial charge is 0.302 e. The van der Waals surface area contributed by atoms with Crippen molar-refractivity contribution in [2.45, 2.75) is 53.0 Å². The van der Waals surface area contributed by atoms with Gasteiger partial charge in [-0.3, -0.25) is 10.1 Å². The standard InChI is InChI=1S/C21H26N4O2S/c1-12(2)9-19(26)25-8-7-15-18(11-25)28-21(23-15)24-20-22-16-10-14(13(3)4)5-6-17(16)27-20/h5-6,10,12-13H,7-9,11H2,1-4H3,(H,22,23,24). The first-order chi connectivity index (χ1) is 13.4. The fraction of sp³-hybridized carbons (Fsp3) is 0.476. The third-order valence-electron chi connectivity index (χ3n) is 4.96. The van der Waals surface area contributed by atoms with E-state index in [2.05, 4.69) is 55.1 Å². The molecule has 0 aliphatic carbocycles. The number of thiazole rings is 1. The zero-order valence-corrected chi connectivity index (χ0v) is 17.6. The largest absolute Gasteiger partial charge is 0.423 e. The molecule has 0 spiro atoms. The van der Waals surface area contributed by atoms with E-state index >= 15 is 0 Å². The van der Waals surface area contributed by atoms with Gasteiger partial charge in [0.25, 0.3) is 0 Å². The molecule has 1 aromatic carbocycles. The number of nitrogens with zero attached hydrogens (tertiary/aromatic N) is 3. The Balaban J connectivity index is 1.49. The molecule has 4 rings (SSSR count). The lowest BCUT2D eigenvalue weighted by atomic mass is 10.0. The van der Waals surface area contributed by atoms with Gasteiger partial charge in [-0.2, -0.15) is 4.98 Å². The molecule has 6 nitrogen and oxygen atoms in total. The number of benzene rings is 1. The highest BCUT2D eigenvalue weighted by atomic mass is 32.1. The zero-order valence-electron chi connectivity index (χ0n) is 16.8. The number of oxazole rings is 1. The Hall–Kier alpha value is -2.41.